The van der Waals surface area contributed by atoms with E-state index in [0.29, 0.717) is 24.7 Å². The van der Waals surface area contributed by atoms with Gasteiger partial charge in [0.15, 0.2) is 0 Å². The van der Waals surface area contributed by atoms with E-state index in [-0.39, 0.29) is 54.4 Å². The summed E-state index contributed by atoms with van der Waals surface area (Å²) in [5.74, 6) is -1.10. The van der Waals surface area contributed by atoms with Crippen molar-refractivity contribution in [1.82, 2.24) is 0 Å². The van der Waals surface area contributed by atoms with Crippen molar-refractivity contribution < 1.29 is 52.3 Å². The molecule has 0 aliphatic carbocycles. The van der Waals surface area contributed by atoms with Crippen molar-refractivity contribution in [1.29, 1.82) is 0 Å². The van der Waals surface area contributed by atoms with Gasteiger partial charge in [-0.05, 0) is 79.6 Å². The van der Waals surface area contributed by atoms with Crippen LogP contribution in [-0.2, 0) is 14.2 Å². The van der Waals surface area contributed by atoms with Crippen LogP contribution in [0.1, 0.15) is 77.0 Å². The van der Waals surface area contributed by atoms with Crippen molar-refractivity contribution in [2.75, 3.05) is 33.0 Å². The second-order valence-electron chi connectivity index (χ2n) is 10.1. The Hall–Kier alpha value is -5.32. The van der Waals surface area contributed by atoms with Crippen LogP contribution in [0.2, 0.25) is 0 Å². The lowest BCUT2D eigenvalue weighted by Crippen LogP contribution is -2.15. The lowest BCUT2D eigenvalue weighted by Gasteiger charge is -2.13. The molecule has 0 bridgehead atoms. The topological polar surface area (TPSA) is 133 Å². The zero-order valence-electron chi connectivity index (χ0n) is 26.7. The highest BCUT2D eigenvalue weighted by atomic mass is 16.7. The molecule has 0 aliphatic rings. The van der Waals surface area contributed by atoms with Crippen molar-refractivity contribution in [2.45, 2.75) is 46.0 Å². The summed E-state index contributed by atoms with van der Waals surface area (Å²) in [6.45, 7) is 8.52. The van der Waals surface area contributed by atoms with Crippen LogP contribution in [0.15, 0.2) is 79.4 Å². The summed E-state index contributed by atoms with van der Waals surface area (Å²) in [6.07, 6.45) is 4.51. The first kappa shape index (κ1) is 36.2. The molecule has 0 aliphatic heterocycles. The molecule has 0 spiro atoms. The van der Waals surface area contributed by atoms with E-state index >= 15 is 0 Å². The molecule has 3 aromatic carbocycles. The molecular weight excluding hydrogens is 608 g/mol. The Balaban J connectivity index is 1.71. The lowest BCUT2D eigenvalue weighted by molar-refractivity contribution is 0.0406. The van der Waals surface area contributed by atoms with E-state index in [4.69, 9.17) is 33.2 Å². The Labute approximate surface area is 274 Å². The van der Waals surface area contributed by atoms with Crippen molar-refractivity contribution in [3.8, 4) is 23.0 Å². The maximum absolute atomic E-state index is 13.1. The molecule has 0 fully saturated rings. The van der Waals surface area contributed by atoms with Crippen LogP contribution < -0.4 is 18.9 Å². The Kier molecular flexibility index (Phi) is 15.3. The number of unbranched alkanes of at least 4 members (excludes halogenated alkanes) is 2. The molecule has 0 saturated heterocycles. The van der Waals surface area contributed by atoms with Crippen LogP contribution in [0.25, 0.3) is 0 Å². The fourth-order valence-corrected chi connectivity index (χ4v) is 3.81. The normalized spacial score (nSPS) is 10.3. The molecule has 47 heavy (non-hydrogen) atoms. The maximum Gasteiger partial charge on any atom is 0.508 e. The van der Waals surface area contributed by atoms with Gasteiger partial charge in [-0.1, -0.05) is 39.3 Å². The Morgan fingerprint density at radius 2 is 1.13 bits per heavy atom. The first-order chi connectivity index (χ1) is 22.8. The number of rotatable bonds is 19. The molecule has 0 amide bonds. The quantitative estimate of drug-likeness (QED) is 0.0558. The number of hydrogen-bond acceptors (Lipinski definition) is 11. The van der Waals surface area contributed by atoms with E-state index in [1.807, 2.05) is 0 Å². The van der Waals surface area contributed by atoms with Gasteiger partial charge in [0.05, 0.1) is 37.6 Å². The molecule has 11 nitrogen and oxygen atoms in total. The summed E-state index contributed by atoms with van der Waals surface area (Å²) in [7, 11) is 0. The predicted octanol–water partition coefficient (Wildman–Crippen LogP) is 7.37. The molecule has 0 N–H and O–H groups in total. The Bertz CT molecular complexity index is 1460. The minimum absolute atomic E-state index is 0.00584. The number of benzene rings is 3. The average molecular weight is 649 g/mol. The fourth-order valence-electron chi connectivity index (χ4n) is 3.81. The van der Waals surface area contributed by atoms with Crippen LogP contribution in [-0.4, -0.2) is 57.1 Å². The summed E-state index contributed by atoms with van der Waals surface area (Å²) >= 11 is 0. The van der Waals surface area contributed by atoms with E-state index in [2.05, 4.69) is 20.4 Å². The number of ether oxygens (including phenoxy) is 7. The summed E-state index contributed by atoms with van der Waals surface area (Å²) in [5, 5.41) is 0. The van der Waals surface area contributed by atoms with Crippen LogP contribution >= 0.6 is 0 Å². The van der Waals surface area contributed by atoms with Gasteiger partial charge in [-0.3, -0.25) is 0 Å². The molecule has 3 rings (SSSR count). The van der Waals surface area contributed by atoms with Gasteiger partial charge in [0, 0.05) is 6.42 Å². The summed E-state index contributed by atoms with van der Waals surface area (Å²) < 4.78 is 37.3. The van der Waals surface area contributed by atoms with E-state index in [1.165, 1.54) is 24.3 Å². The minimum atomic E-state index is -0.876. The third-order valence-corrected chi connectivity index (χ3v) is 6.36. The average Bonchev–Trinajstić information content (AvgIpc) is 3.08. The smallest absolute Gasteiger partial charge is 0.494 e. The first-order valence-corrected chi connectivity index (χ1v) is 15.5. The van der Waals surface area contributed by atoms with Gasteiger partial charge >= 0.3 is 24.1 Å². The fraction of sp³-hybridized carbons (Fsp3) is 0.333. The SMILES string of the molecule is C=CCOC(=O)OCCCOC(=O)c1cc(OC(=O)c2ccc(OCCCC)cc2)ccc1OC(=O)c1ccc(OCCCC)cc1. The number of hydrogen-bond donors (Lipinski definition) is 0. The van der Waals surface area contributed by atoms with Crippen molar-refractivity contribution in [3.05, 3.63) is 96.1 Å². The second-order valence-corrected chi connectivity index (χ2v) is 10.1. The minimum Gasteiger partial charge on any atom is -0.494 e. The molecule has 11 heteroatoms. The van der Waals surface area contributed by atoms with Gasteiger partial charge in [-0.2, -0.15) is 0 Å². The molecule has 0 atom stereocenters. The van der Waals surface area contributed by atoms with E-state index in [9.17, 15) is 19.2 Å². The van der Waals surface area contributed by atoms with Crippen LogP contribution in [0, 0.1) is 0 Å². The van der Waals surface area contributed by atoms with Gasteiger partial charge in [0.2, 0.25) is 0 Å². The number of esters is 3. The Morgan fingerprint density at radius 3 is 1.68 bits per heavy atom. The summed E-state index contributed by atoms with van der Waals surface area (Å²) in [6, 6.07) is 16.9. The zero-order valence-corrected chi connectivity index (χ0v) is 26.7. The van der Waals surface area contributed by atoms with Crippen LogP contribution in [0.5, 0.6) is 23.0 Å². The van der Waals surface area contributed by atoms with Gasteiger partial charge in [-0.15, -0.1) is 0 Å². The highest BCUT2D eigenvalue weighted by Gasteiger charge is 2.21. The standard InChI is InChI=1S/C36H40O11/c1-4-7-21-41-28-14-10-26(11-15-28)33(37)46-30-18-19-32(47-34(38)27-12-16-29(17-13-27)42-22-8-5-2)31(25-30)35(39)43-23-9-24-45-36(40)44-20-6-3/h6,10-19,25H,3-5,7-9,20-24H2,1-2H3. The van der Waals surface area contributed by atoms with Gasteiger partial charge in [0.25, 0.3) is 0 Å². The number of carbonyl (C=O) groups excluding carboxylic acids is 4. The Morgan fingerprint density at radius 1 is 0.596 bits per heavy atom. The lowest BCUT2D eigenvalue weighted by atomic mass is 10.1. The van der Waals surface area contributed by atoms with E-state index in [0.717, 1.165) is 25.7 Å². The van der Waals surface area contributed by atoms with Crippen LogP contribution in [0.3, 0.4) is 0 Å². The molecule has 0 saturated carbocycles. The largest absolute Gasteiger partial charge is 0.508 e. The zero-order chi connectivity index (χ0) is 33.9. The molecule has 0 aromatic heterocycles. The molecule has 250 valence electrons. The van der Waals surface area contributed by atoms with E-state index in [1.54, 1.807) is 48.5 Å². The molecule has 3 aromatic rings. The van der Waals surface area contributed by atoms with Gasteiger partial charge < -0.3 is 33.2 Å². The van der Waals surface area contributed by atoms with Crippen molar-refractivity contribution in [3.63, 3.8) is 0 Å². The first-order valence-electron chi connectivity index (χ1n) is 15.5. The molecule has 0 unspecified atom stereocenters. The monoisotopic (exact) mass is 648 g/mol. The third-order valence-electron chi connectivity index (χ3n) is 6.36. The van der Waals surface area contributed by atoms with Gasteiger partial charge in [-0.25, -0.2) is 19.2 Å². The maximum atomic E-state index is 13.1. The van der Waals surface area contributed by atoms with Gasteiger partial charge in [0.1, 0.15) is 35.2 Å². The van der Waals surface area contributed by atoms with E-state index < -0.39 is 24.1 Å². The summed E-state index contributed by atoms with van der Waals surface area (Å²) in [5.41, 5.74) is 0.334. The number of carbonyl (C=O) groups is 4. The molecule has 0 heterocycles. The van der Waals surface area contributed by atoms with Crippen molar-refractivity contribution >= 4 is 24.1 Å². The highest BCUT2D eigenvalue weighted by molar-refractivity contribution is 5.97. The molecular formula is C36H40O11. The third kappa shape index (κ3) is 12.5. The predicted molar refractivity (Wildman–Crippen MR) is 172 cm³/mol. The second kappa shape index (κ2) is 19.9. The van der Waals surface area contributed by atoms with Crippen molar-refractivity contribution in [2.24, 2.45) is 0 Å². The molecule has 0 radical (unpaired) electrons. The van der Waals surface area contributed by atoms with Crippen LogP contribution in [0.4, 0.5) is 4.79 Å². The summed E-state index contributed by atoms with van der Waals surface area (Å²) in [4.78, 5) is 50.4. The highest BCUT2D eigenvalue weighted by Crippen LogP contribution is 2.27.